The molecule has 2 aromatic rings. The summed E-state index contributed by atoms with van der Waals surface area (Å²) < 4.78 is 11.4. The van der Waals surface area contributed by atoms with Crippen LogP contribution in [0.25, 0.3) is 11.4 Å². The SMILES string of the molecule is CCNc1nc(-c2cc(OC)ccc2OC)ncc1Br. The summed E-state index contributed by atoms with van der Waals surface area (Å²) in [4.78, 5) is 8.85. The van der Waals surface area contributed by atoms with Crippen molar-refractivity contribution in [2.75, 3.05) is 26.1 Å². The van der Waals surface area contributed by atoms with E-state index >= 15 is 0 Å². The molecule has 0 amide bonds. The first-order valence-corrected chi connectivity index (χ1v) is 6.97. The van der Waals surface area contributed by atoms with Crippen molar-refractivity contribution in [1.29, 1.82) is 0 Å². The molecule has 0 aliphatic carbocycles. The Morgan fingerprint density at radius 1 is 1.25 bits per heavy atom. The molecule has 6 heteroatoms. The number of halogens is 1. The molecule has 1 N–H and O–H groups in total. The number of nitrogens with one attached hydrogen (secondary N) is 1. The lowest BCUT2D eigenvalue weighted by Gasteiger charge is -2.11. The molecule has 2 rings (SSSR count). The van der Waals surface area contributed by atoms with Gasteiger partial charge in [0.15, 0.2) is 5.82 Å². The van der Waals surface area contributed by atoms with Crippen molar-refractivity contribution < 1.29 is 9.47 Å². The van der Waals surface area contributed by atoms with E-state index in [1.807, 2.05) is 25.1 Å². The van der Waals surface area contributed by atoms with Crippen LogP contribution in [-0.2, 0) is 0 Å². The van der Waals surface area contributed by atoms with Crippen molar-refractivity contribution in [2.24, 2.45) is 0 Å². The van der Waals surface area contributed by atoms with Crippen LogP contribution in [0.5, 0.6) is 11.5 Å². The number of benzene rings is 1. The minimum atomic E-state index is 0.583. The predicted molar refractivity (Wildman–Crippen MR) is 82.4 cm³/mol. The number of hydrogen-bond acceptors (Lipinski definition) is 5. The van der Waals surface area contributed by atoms with Crippen LogP contribution in [0.15, 0.2) is 28.9 Å². The number of aromatic nitrogens is 2. The molecule has 0 aliphatic rings. The normalized spacial score (nSPS) is 10.2. The highest BCUT2D eigenvalue weighted by molar-refractivity contribution is 9.10. The Balaban J connectivity index is 2.52. The molecule has 0 atom stereocenters. The molecule has 5 nitrogen and oxygen atoms in total. The van der Waals surface area contributed by atoms with E-state index in [1.165, 1.54) is 0 Å². The first-order valence-electron chi connectivity index (χ1n) is 6.18. The summed E-state index contributed by atoms with van der Waals surface area (Å²) in [5, 5.41) is 3.18. The highest BCUT2D eigenvalue weighted by Crippen LogP contribution is 2.32. The van der Waals surface area contributed by atoms with Crippen LogP contribution in [0.3, 0.4) is 0 Å². The molecule has 0 aliphatic heterocycles. The highest BCUT2D eigenvalue weighted by atomic mass is 79.9. The smallest absolute Gasteiger partial charge is 0.165 e. The molecule has 0 spiro atoms. The van der Waals surface area contributed by atoms with Crippen LogP contribution in [-0.4, -0.2) is 30.7 Å². The van der Waals surface area contributed by atoms with Crippen LogP contribution in [0.4, 0.5) is 5.82 Å². The molecule has 106 valence electrons. The molecule has 0 unspecified atom stereocenters. The molecule has 0 saturated carbocycles. The minimum Gasteiger partial charge on any atom is -0.497 e. The summed E-state index contributed by atoms with van der Waals surface area (Å²) in [5.41, 5.74) is 0.790. The van der Waals surface area contributed by atoms with Gasteiger partial charge in [-0.15, -0.1) is 0 Å². The van der Waals surface area contributed by atoms with Gasteiger partial charge in [0.05, 0.1) is 24.3 Å². The zero-order valence-corrected chi connectivity index (χ0v) is 13.2. The Kier molecular flexibility index (Phi) is 4.79. The minimum absolute atomic E-state index is 0.583. The quantitative estimate of drug-likeness (QED) is 0.906. The van der Waals surface area contributed by atoms with E-state index in [2.05, 4.69) is 31.2 Å². The summed E-state index contributed by atoms with van der Waals surface area (Å²) in [6, 6.07) is 5.54. The van der Waals surface area contributed by atoms with E-state index in [0.29, 0.717) is 11.6 Å². The van der Waals surface area contributed by atoms with Crippen LogP contribution in [0.2, 0.25) is 0 Å². The van der Waals surface area contributed by atoms with Crippen molar-refractivity contribution in [3.63, 3.8) is 0 Å². The zero-order chi connectivity index (χ0) is 14.5. The molecule has 1 aromatic carbocycles. The molecule has 0 radical (unpaired) electrons. The zero-order valence-electron chi connectivity index (χ0n) is 11.6. The Hall–Kier alpha value is -1.82. The van der Waals surface area contributed by atoms with Gasteiger partial charge in [-0.05, 0) is 41.1 Å². The molecule has 0 fully saturated rings. The molecular weight excluding hydrogens is 322 g/mol. The second kappa shape index (κ2) is 6.56. The summed E-state index contributed by atoms with van der Waals surface area (Å²) in [7, 11) is 3.24. The van der Waals surface area contributed by atoms with Gasteiger partial charge >= 0.3 is 0 Å². The predicted octanol–water partition coefficient (Wildman–Crippen LogP) is 3.36. The second-order valence-electron chi connectivity index (χ2n) is 3.99. The van der Waals surface area contributed by atoms with Gasteiger partial charge in [-0.25, -0.2) is 9.97 Å². The fourth-order valence-electron chi connectivity index (χ4n) is 1.78. The lowest BCUT2D eigenvalue weighted by atomic mass is 10.1. The average molecular weight is 338 g/mol. The van der Waals surface area contributed by atoms with Crippen LogP contribution in [0, 0.1) is 0 Å². The van der Waals surface area contributed by atoms with Gasteiger partial charge in [-0.2, -0.15) is 0 Å². The third kappa shape index (κ3) is 3.01. The average Bonchev–Trinajstić information content (AvgIpc) is 2.49. The van der Waals surface area contributed by atoms with E-state index in [1.54, 1.807) is 20.4 Å². The van der Waals surface area contributed by atoms with Gasteiger partial charge in [0.25, 0.3) is 0 Å². The van der Waals surface area contributed by atoms with Gasteiger partial charge in [-0.3, -0.25) is 0 Å². The number of anilines is 1. The topological polar surface area (TPSA) is 56.3 Å². The third-order valence-corrected chi connectivity index (χ3v) is 3.32. The molecular formula is C14H16BrN3O2. The van der Waals surface area contributed by atoms with Crippen molar-refractivity contribution >= 4 is 21.7 Å². The fourth-order valence-corrected chi connectivity index (χ4v) is 2.11. The Morgan fingerprint density at radius 3 is 2.70 bits per heavy atom. The van der Waals surface area contributed by atoms with E-state index in [0.717, 1.165) is 28.1 Å². The van der Waals surface area contributed by atoms with Crippen molar-refractivity contribution in [1.82, 2.24) is 9.97 Å². The van der Waals surface area contributed by atoms with Crippen LogP contribution >= 0.6 is 15.9 Å². The molecule has 1 aromatic heterocycles. The number of nitrogens with zero attached hydrogens (tertiary/aromatic N) is 2. The molecule has 0 bridgehead atoms. The monoisotopic (exact) mass is 337 g/mol. The van der Waals surface area contributed by atoms with E-state index in [4.69, 9.17) is 9.47 Å². The maximum atomic E-state index is 5.36. The summed E-state index contributed by atoms with van der Waals surface area (Å²) >= 11 is 3.42. The largest absolute Gasteiger partial charge is 0.497 e. The summed E-state index contributed by atoms with van der Waals surface area (Å²) in [6.45, 7) is 2.80. The van der Waals surface area contributed by atoms with Gasteiger partial charge in [0.2, 0.25) is 0 Å². The number of hydrogen-bond donors (Lipinski definition) is 1. The van der Waals surface area contributed by atoms with Gasteiger partial charge < -0.3 is 14.8 Å². The summed E-state index contributed by atoms with van der Waals surface area (Å²) in [5.74, 6) is 2.77. The van der Waals surface area contributed by atoms with Crippen molar-refractivity contribution in [3.05, 3.63) is 28.9 Å². The van der Waals surface area contributed by atoms with Gasteiger partial charge in [-0.1, -0.05) is 0 Å². The molecule has 0 saturated heterocycles. The van der Waals surface area contributed by atoms with Crippen molar-refractivity contribution in [3.8, 4) is 22.9 Å². The first kappa shape index (κ1) is 14.6. The Morgan fingerprint density at radius 2 is 2.05 bits per heavy atom. The maximum absolute atomic E-state index is 5.36. The number of rotatable bonds is 5. The standard InChI is InChI=1S/C14H16BrN3O2/c1-4-16-14-11(15)8-17-13(18-14)10-7-9(19-2)5-6-12(10)20-3/h5-8H,4H2,1-3H3,(H,16,17,18). The van der Waals surface area contributed by atoms with Crippen molar-refractivity contribution in [2.45, 2.75) is 6.92 Å². The molecule has 20 heavy (non-hydrogen) atoms. The second-order valence-corrected chi connectivity index (χ2v) is 4.84. The van der Waals surface area contributed by atoms with Crippen LogP contribution < -0.4 is 14.8 Å². The fraction of sp³-hybridized carbons (Fsp3) is 0.286. The summed E-state index contributed by atoms with van der Waals surface area (Å²) in [6.07, 6.45) is 1.72. The molecule has 1 heterocycles. The Bertz CT molecular complexity index is 605. The van der Waals surface area contributed by atoms with Gasteiger partial charge in [0, 0.05) is 12.7 Å². The van der Waals surface area contributed by atoms with E-state index in [-0.39, 0.29) is 0 Å². The van der Waals surface area contributed by atoms with E-state index in [9.17, 15) is 0 Å². The first-order chi connectivity index (χ1) is 9.69. The van der Waals surface area contributed by atoms with Gasteiger partial charge in [0.1, 0.15) is 17.3 Å². The number of ether oxygens (including phenoxy) is 2. The Labute approximate surface area is 126 Å². The van der Waals surface area contributed by atoms with Crippen LogP contribution in [0.1, 0.15) is 6.92 Å². The lowest BCUT2D eigenvalue weighted by Crippen LogP contribution is -2.03. The van der Waals surface area contributed by atoms with E-state index < -0.39 is 0 Å². The number of methoxy groups -OCH3 is 2. The highest BCUT2D eigenvalue weighted by Gasteiger charge is 2.12. The maximum Gasteiger partial charge on any atom is 0.165 e. The lowest BCUT2D eigenvalue weighted by molar-refractivity contribution is 0.404. The third-order valence-electron chi connectivity index (χ3n) is 2.74.